The normalized spacial score (nSPS) is 22.0. The topological polar surface area (TPSA) is 108 Å². The van der Waals surface area contributed by atoms with Crippen molar-refractivity contribution in [3.05, 3.63) is 65.9 Å². The van der Waals surface area contributed by atoms with Gasteiger partial charge in [-0.15, -0.1) is 0 Å². The van der Waals surface area contributed by atoms with E-state index in [0.717, 1.165) is 0 Å². The van der Waals surface area contributed by atoms with Gasteiger partial charge in [-0.1, -0.05) is 12.1 Å². The Morgan fingerprint density at radius 1 is 1.24 bits per heavy atom. The second kappa shape index (κ2) is 7.25. The van der Waals surface area contributed by atoms with Crippen LogP contribution in [0.1, 0.15) is 22.5 Å². The number of halogens is 1. The van der Waals surface area contributed by atoms with Crippen LogP contribution in [0, 0.1) is 11.2 Å². The van der Waals surface area contributed by atoms with Crippen molar-refractivity contribution in [3.63, 3.8) is 0 Å². The predicted molar refractivity (Wildman–Crippen MR) is 99.7 cm³/mol. The van der Waals surface area contributed by atoms with Crippen molar-refractivity contribution in [2.24, 2.45) is 5.41 Å². The fourth-order valence-electron chi connectivity index (χ4n) is 3.82. The van der Waals surface area contributed by atoms with Gasteiger partial charge in [0.2, 0.25) is 0 Å². The second-order valence-electron chi connectivity index (χ2n) is 7.23. The number of amides is 1. The quantitative estimate of drug-likeness (QED) is 0.688. The summed E-state index contributed by atoms with van der Waals surface area (Å²) in [4.78, 5) is 30.9. The summed E-state index contributed by atoms with van der Waals surface area (Å²) >= 11 is 0. The van der Waals surface area contributed by atoms with E-state index in [1.165, 1.54) is 46.1 Å². The van der Waals surface area contributed by atoms with Gasteiger partial charge in [0.15, 0.2) is 11.3 Å². The standard InChI is InChI=1S/C20H19FN4O4/c21-14-5-3-13(4-6-14)10-20(19(28)29)12-24(9-7-16(20)26)18(27)15-11-22-17-2-1-8-23-25(15)17/h1-6,8,11,16,26H,7,9-10,12H2,(H,28,29)/t16-,20+/m0/s1. The third-order valence-corrected chi connectivity index (χ3v) is 5.43. The van der Waals surface area contributed by atoms with E-state index in [0.29, 0.717) is 11.2 Å². The highest BCUT2D eigenvalue weighted by atomic mass is 19.1. The first-order valence-corrected chi connectivity index (χ1v) is 9.15. The van der Waals surface area contributed by atoms with E-state index in [-0.39, 0.29) is 31.6 Å². The molecule has 2 aromatic heterocycles. The van der Waals surface area contributed by atoms with Crippen LogP contribution in [0.5, 0.6) is 0 Å². The molecule has 3 heterocycles. The van der Waals surface area contributed by atoms with E-state index in [1.807, 2.05) is 0 Å². The third-order valence-electron chi connectivity index (χ3n) is 5.43. The van der Waals surface area contributed by atoms with E-state index in [1.54, 1.807) is 12.1 Å². The van der Waals surface area contributed by atoms with Gasteiger partial charge in [-0.2, -0.15) is 5.10 Å². The van der Waals surface area contributed by atoms with Gasteiger partial charge in [0.1, 0.15) is 11.2 Å². The van der Waals surface area contributed by atoms with Gasteiger partial charge >= 0.3 is 5.97 Å². The van der Waals surface area contributed by atoms with Crippen molar-refractivity contribution in [1.29, 1.82) is 0 Å². The zero-order chi connectivity index (χ0) is 20.6. The lowest BCUT2D eigenvalue weighted by molar-refractivity contribution is -0.161. The van der Waals surface area contributed by atoms with Crippen LogP contribution in [0.3, 0.4) is 0 Å². The number of benzene rings is 1. The molecule has 1 aliphatic heterocycles. The van der Waals surface area contributed by atoms with Gasteiger partial charge in [-0.25, -0.2) is 13.9 Å². The van der Waals surface area contributed by atoms with Gasteiger partial charge < -0.3 is 15.1 Å². The molecule has 0 bridgehead atoms. The highest BCUT2D eigenvalue weighted by Crippen LogP contribution is 2.35. The molecule has 2 atom stereocenters. The molecule has 1 fully saturated rings. The fourth-order valence-corrected chi connectivity index (χ4v) is 3.82. The monoisotopic (exact) mass is 398 g/mol. The molecular formula is C20H19FN4O4. The Bertz CT molecular complexity index is 1070. The lowest BCUT2D eigenvalue weighted by Crippen LogP contribution is -2.58. The van der Waals surface area contributed by atoms with Crippen LogP contribution in [0.15, 0.2) is 48.8 Å². The van der Waals surface area contributed by atoms with Gasteiger partial charge in [0, 0.05) is 19.3 Å². The largest absolute Gasteiger partial charge is 0.481 e. The molecule has 1 saturated heterocycles. The number of aliphatic carboxylic acids is 1. The number of aliphatic hydroxyl groups is 1. The first-order chi connectivity index (χ1) is 13.9. The molecule has 1 amide bonds. The van der Waals surface area contributed by atoms with Crippen molar-refractivity contribution in [1.82, 2.24) is 19.5 Å². The number of fused-ring (bicyclic) bond motifs is 1. The van der Waals surface area contributed by atoms with Crippen LogP contribution in [0.4, 0.5) is 4.39 Å². The Labute approximate surface area is 165 Å². The second-order valence-corrected chi connectivity index (χ2v) is 7.23. The van der Waals surface area contributed by atoms with Gasteiger partial charge in [-0.3, -0.25) is 9.59 Å². The number of aliphatic hydroxyl groups excluding tert-OH is 1. The first kappa shape index (κ1) is 19.0. The molecule has 29 heavy (non-hydrogen) atoms. The van der Waals surface area contributed by atoms with Crippen LogP contribution in [-0.2, 0) is 11.2 Å². The van der Waals surface area contributed by atoms with Crippen LogP contribution < -0.4 is 0 Å². The maximum absolute atomic E-state index is 13.2. The molecule has 0 unspecified atom stereocenters. The number of aromatic nitrogens is 3. The maximum Gasteiger partial charge on any atom is 0.314 e. The van der Waals surface area contributed by atoms with Crippen molar-refractivity contribution in [2.45, 2.75) is 18.9 Å². The van der Waals surface area contributed by atoms with Crippen molar-refractivity contribution in [3.8, 4) is 0 Å². The molecule has 2 N–H and O–H groups in total. The predicted octanol–water partition coefficient (Wildman–Crippen LogP) is 1.39. The van der Waals surface area contributed by atoms with Crippen LogP contribution in [0.2, 0.25) is 0 Å². The summed E-state index contributed by atoms with van der Waals surface area (Å²) < 4.78 is 14.6. The average Bonchev–Trinajstić information content (AvgIpc) is 3.15. The smallest absolute Gasteiger partial charge is 0.314 e. The summed E-state index contributed by atoms with van der Waals surface area (Å²) in [6.45, 7) is 0.0261. The molecular weight excluding hydrogens is 379 g/mol. The minimum absolute atomic E-state index is 0.0288. The lowest BCUT2D eigenvalue weighted by atomic mass is 9.72. The number of likely N-dealkylation sites (tertiary alicyclic amines) is 1. The molecule has 0 radical (unpaired) electrons. The molecule has 4 rings (SSSR count). The Morgan fingerprint density at radius 3 is 2.72 bits per heavy atom. The molecule has 8 nitrogen and oxygen atoms in total. The summed E-state index contributed by atoms with van der Waals surface area (Å²) in [5, 5.41) is 24.7. The zero-order valence-electron chi connectivity index (χ0n) is 15.4. The van der Waals surface area contributed by atoms with Gasteiger partial charge in [-0.05, 0) is 42.7 Å². The summed E-state index contributed by atoms with van der Waals surface area (Å²) in [6.07, 6.45) is 1.87. The summed E-state index contributed by atoms with van der Waals surface area (Å²) in [5.41, 5.74) is -0.306. The molecule has 1 aromatic carbocycles. The Morgan fingerprint density at radius 2 is 2.00 bits per heavy atom. The van der Waals surface area contributed by atoms with Gasteiger partial charge in [0.05, 0.1) is 12.3 Å². The number of rotatable bonds is 4. The maximum atomic E-state index is 13.2. The highest BCUT2D eigenvalue weighted by Gasteiger charge is 2.50. The van der Waals surface area contributed by atoms with Gasteiger partial charge in [0.25, 0.3) is 5.91 Å². The number of carboxylic acid groups (broad SMARTS) is 1. The first-order valence-electron chi connectivity index (χ1n) is 9.15. The number of nitrogens with zero attached hydrogens (tertiary/aromatic N) is 4. The van der Waals surface area contributed by atoms with Crippen molar-refractivity contribution >= 4 is 17.5 Å². The number of piperidine rings is 1. The molecule has 150 valence electrons. The third kappa shape index (κ3) is 3.33. The van der Waals surface area contributed by atoms with E-state index in [2.05, 4.69) is 10.1 Å². The SMILES string of the molecule is O=C(c1cnc2cccnn12)N1CC[C@H](O)[C@](Cc2ccc(F)cc2)(C(=O)O)C1. The Balaban J connectivity index is 1.65. The Kier molecular flexibility index (Phi) is 4.75. The number of hydrogen-bond acceptors (Lipinski definition) is 5. The number of carboxylic acids is 1. The average molecular weight is 398 g/mol. The van der Waals surface area contributed by atoms with E-state index in [9.17, 15) is 24.2 Å². The van der Waals surface area contributed by atoms with E-state index >= 15 is 0 Å². The summed E-state index contributed by atoms with van der Waals surface area (Å²) in [5.74, 6) is -2.05. The lowest BCUT2D eigenvalue weighted by Gasteiger charge is -2.43. The van der Waals surface area contributed by atoms with Crippen LogP contribution in [-0.4, -0.2) is 60.8 Å². The fraction of sp³-hybridized carbons (Fsp3) is 0.300. The molecule has 3 aromatic rings. The molecule has 0 aliphatic carbocycles. The molecule has 0 spiro atoms. The Hall–Kier alpha value is -3.33. The summed E-state index contributed by atoms with van der Waals surface area (Å²) in [6, 6.07) is 8.87. The highest BCUT2D eigenvalue weighted by molar-refractivity contribution is 5.93. The van der Waals surface area contributed by atoms with Crippen LogP contribution >= 0.6 is 0 Å². The zero-order valence-corrected chi connectivity index (χ0v) is 15.4. The number of carbonyl (C=O) groups excluding carboxylic acids is 1. The minimum Gasteiger partial charge on any atom is -0.481 e. The number of hydrogen-bond donors (Lipinski definition) is 2. The number of imidazole rings is 1. The van der Waals surface area contributed by atoms with E-state index < -0.39 is 29.2 Å². The molecule has 1 aliphatic rings. The molecule has 9 heteroatoms. The van der Waals surface area contributed by atoms with E-state index in [4.69, 9.17) is 0 Å². The molecule has 0 saturated carbocycles. The number of carbonyl (C=O) groups is 2. The van der Waals surface area contributed by atoms with Crippen molar-refractivity contribution in [2.75, 3.05) is 13.1 Å². The van der Waals surface area contributed by atoms with Crippen LogP contribution in [0.25, 0.3) is 5.65 Å². The van der Waals surface area contributed by atoms with Crippen molar-refractivity contribution < 1.29 is 24.2 Å². The minimum atomic E-state index is -1.60. The summed E-state index contributed by atoms with van der Waals surface area (Å²) in [7, 11) is 0.